The van der Waals surface area contributed by atoms with Gasteiger partial charge in [-0.2, -0.15) is 13.2 Å². The molecule has 0 spiro atoms. The van der Waals surface area contributed by atoms with Crippen LogP contribution in [0.2, 0.25) is 0 Å². The second kappa shape index (κ2) is 5.31. The second-order valence-electron chi connectivity index (χ2n) is 4.97. The third kappa shape index (κ3) is 3.48. The van der Waals surface area contributed by atoms with E-state index in [1.165, 1.54) is 6.07 Å². The van der Waals surface area contributed by atoms with Crippen molar-refractivity contribution in [1.29, 1.82) is 0 Å². The Morgan fingerprint density at radius 2 is 1.70 bits per heavy atom. The van der Waals surface area contributed by atoms with Gasteiger partial charge in [-0.15, -0.1) is 0 Å². The van der Waals surface area contributed by atoms with Gasteiger partial charge in [-0.05, 0) is 11.6 Å². The first-order chi connectivity index (χ1) is 8.91. The number of hydrogen-bond donors (Lipinski definition) is 0. The minimum absolute atomic E-state index is 0.174. The highest BCUT2D eigenvalue weighted by molar-refractivity contribution is 7.49. The molecule has 20 heavy (non-hydrogen) atoms. The Labute approximate surface area is 113 Å². The predicted octanol–water partition coefficient (Wildman–Crippen LogP) is 1.89. The lowest BCUT2D eigenvalue weighted by Gasteiger charge is -2.45. The maximum atomic E-state index is 12.9. The molecule has 1 rings (SSSR count). The first kappa shape index (κ1) is 16.9. The van der Waals surface area contributed by atoms with Crippen LogP contribution in [0.15, 0.2) is 24.3 Å². The molecule has 1 unspecified atom stereocenters. The Bertz CT molecular complexity index is 548. The van der Waals surface area contributed by atoms with Crippen LogP contribution >= 0.6 is 7.60 Å². The first-order valence-electron chi connectivity index (χ1n) is 5.55. The molecule has 0 bridgehead atoms. The molecule has 0 heterocycles. The summed E-state index contributed by atoms with van der Waals surface area (Å²) >= 11 is 0. The number of benzene rings is 1. The summed E-state index contributed by atoms with van der Waals surface area (Å²) in [5, 5.41) is 0. The van der Waals surface area contributed by atoms with E-state index in [1.54, 1.807) is 0 Å². The maximum absolute atomic E-state index is 12.9. The van der Waals surface area contributed by atoms with Crippen LogP contribution in [-0.2, 0) is 15.5 Å². The van der Waals surface area contributed by atoms with Gasteiger partial charge in [-0.25, -0.2) is 0 Å². The van der Waals surface area contributed by atoms with Crippen LogP contribution in [0.25, 0.3) is 0 Å². The summed E-state index contributed by atoms with van der Waals surface area (Å²) < 4.78 is 50.1. The number of aldehydes is 1. The summed E-state index contributed by atoms with van der Waals surface area (Å²) in [6.07, 6.45) is -4.64. The van der Waals surface area contributed by atoms with E-state index in [2.05, 4.69) is 0 Å². The minimum Gasteiger partial charge on any atom is -0.810 e. The number of rotatable bonds is 4. The molecule has 0 saturated carbocycles. The van der Waals surface area contributed by atoms with E-state index in [9.17, 15) is 32.3 Å². The van der Waals surface area contributed by atoms with Gasteiger partial charge in [0.15, 0.2) is 0 Å². The fourth-order valence-electron chi connectivity index (χ4n) is 2.04. The van der Waals surface area contributed by atoms with Crippen LogP contribution in [0.1, 0.15) is 30.6 Å². The fraction of sp³-hybridized carbons (Fsp3) is 0.417. The zero-order valence-electron chi connectivity index (χ0n) is 10.7. The molecule has 0 amide bonds. The van der Waals surface area contributed by atoms with E-state index in [-0.39, 0.29) is 6.29 Å². The summed E-state index contributed by atoms with van der Waals surface area (Å²) in [6.45, 7) is 2.22. The zero-order valence-corrected chi connectivity index (χ0v) is 11.6. The summed E-state index contributed by atoms with van der Waals surface area (Å²) in [5.41, 5.74) is -5.77. The molecule has 0 aromatic heterocycles. The molecule has 1 atom stereocenters. The average molecular weight is 308 g/mol. The molecule has 1 aromatic rings. The standard InChI is InChI=1S/C12H14F3O4P/c1-11(2,7-16)10(20(17,18)19)8-5-3-4-6-9(8)12(13,14)15/h3-7,10H,1-2H3,(H2,17,18,19)/p-2. The Kier molecular flexibility index (Phi) is 4.49. The smallest absolute Gasteiger partial charge is 0.416 e. The largest absolute Gasteiger partial charge is 0.810 e. The molecule has 4 nitrogen and oxygen atoms in total. The number of carbonyl (C=O) groups is 1. The van der Waals surface area contributed by atoms with Crippen molar-refractivity contribution < 1.29 is 32.3 Å². The monoisotopic (exact) mass is 308 g/mol. The molecule has 1 aromatic carbocycles. The van der Waals surface area contributed by atoms with Gasteiger partial charge in [0.05, 0.1) is 5.56 Å². The molecule has 0 aliphatic carbocycles. The van der Waals surface area contributed by atoms with Gasteiger partial charge < -0.3 is 19.1 Å². The first-order valence-corrected chi connectivity index (χ1v) is 7.16. The van der Waals surface area contributed by atoms with Crippen molar-refractivity contribution in [3.8, 4) is 0 Å². The van der Waals surface area contributed by atoms with Crippen molar-refractivity contribution in [3.63, 3.8) is 0 Å². The van der Waals surface area contributed by atoms with Gasteiger partial charge in [0, 0.05) is 11.1 Å². The van der Waals surface area contributed by atoms with Crippen molar-refractivity contribution in [2.24, 2.45) is 5.41 Å². The van der Waals surface area contributed by atoms with Crippen LogP contribution in [0.3, 0.4) is 0 Å². The van der Waals surface area contributed by atoms with E-state index in [0.717, 1.165) is 26.0 Å². The number of alkyl halides is 3. The molecule has 0 N–H and O–H groups in total. The molecule has 0 radical (unpaired) electrons. The molecular weight excluding hydrogens is 296 g/mol. The highest BCUT2D eigenvalue weighted by Crippen LogP contribution is 2.56. The van der Waals surface area contributed by atoms with Crippen LogP contribution in [0.5, 0.6) is 0 Å². The molecule has 8 heteroatoms. The van der Waals surface area contributed by atoms with Gasteiger partial charge in [0.25, 0.3) is 0 Å². The van der Waals surface area contributed by atoms with Gasteiger partial charge in [0.1, 0.15) is 6.29 Å². The topological polar surface area (TPSA) is 80.3 Å². The number of hydrogen-bond acceptors (Lipinski definition) is 4. The fourth-order valence-corrected chi connectivity index (χ4v) is 3.48. The highest BCUT2D eigenvalue weighted by atomic mass is 31.2. The maximum Gasteiger partial charge on any atom is 0.416 e. The summed E-state index contributed by atoms with van der Waals surface area (Å²) in [4.78, 5) is 33.7. The summed E-state index contributed by atoms with van der Waals surface area (Å²) in [7, 11) is -5.46. The molecular formula is C12H12F3O4P-2. The third-order valence-corrected chi connectivity index (χ3v) is 4.46. The Hall–Kier alpha value is -1.17. The van der Waals surface area contributed by atoms with Crippen LogP contribution < -0.4 is 9.79 Å². The number of carbonyl (C=O) groups excluding carboxylic acids is 1. The van der Waals surface area contributed by atoms with Crippen LogP contribution in [0.4, 0.5) is 13.2 Å². The SMILES string of the molecule is CC(C)(C=O)C(c1ccccc1C(F)(F)F)P(=O)([O-])[O-]. The lowest BCUT2D eigenvalue weighted by Crippen LogP contribution is -2.33. The Morgan fingerprint density at radius 3 is 2.10 bits per heavy atom. The third-order valence-electron chi connectivity index (χ3n) is 2.89. The molecule has 112 valence electrons. The van der Waals surface area contributed by atoms with Gasteiger partial charge in [-0.1, -0.05) is 39.6 Å². The quantitative estimate of drug-likeness (QED) is 0.628. The Balaban J connectivity index is 3.61. The van der Waals surface area contributed by atoms with Gasteiger partial charge in [0.2, 0.25) is 0 Å². The number of halogens is 3. The predicted molar refractivity (Wildman–Crippen MR) is 61.6 cm³/mol. The molecule has 0 saturated heterocycles. The summed E-state index contributed by atoms with van der Waals surface area (Å²) in [6, 6.07) is 3.85. The van der Waals surface area contributed by atoms with Gasteiger partial charge >= 0.3 is 6.18 Å². The van der Waals surface area contributed by atoms with E-state index in [0.29, 0.717) is 6.07 Å². The van der Waals surface area contributed by atoms with Crippen LogP contribution in [-0.4, -0.2) is 6.29 Å². The van der Waals surface area contributed by atoms with Crippen molar-refractivity contribution in [3.05, 3.63) is 35.4 Å². The van der Waals surface area contributed by atoms with Gasteiger partial charge in [-0.3, -0.25) is 0 Å². The van der Waals surface area contributed by atoms with Crippen molar-refractivity contribution in [1.82, 2.24) is 0 Å². The second-order valence-corrected chi connectivity index (χ2v) is 6.56. The van der Waals surface area contributed by atoms with Crippen molar-refractivity contribution in [2.75, 3.05) is 0 Å². The highest BCUT2D eigenvalue weighted by Gasteiger charge is 2.40. The average Bonchev–Trinajstić information content (AvgIpc) is 2.26. The summed E-state index contributed by atoms with van der Waals surface area (Å²) in [5.74, 6) is 0. The molecule has 0 aliphatic rings. The lowest BCUT2D eigenvalue weighted by molar-refractivity contribution is -0.318. The van der Waals surface area contributed by atoms with E-state index in [4.69, 9.17) is 0 Å². The zero-order chi connectivity index (χ0) is 15.8. The normalized spacial score (nSPS) is 14.9. The Morgan fingerprint density at radius 1 is 1.20 bits per heavy atom. The molecule has 0 fully saturated rings. The van der Waals surface area contributed by atoms with Crippen LogP contribution in [0, 0.1) is 5.41 Å². The lowest BCUT2D eigenvalue weighted by atomic mass is 9.84. The van der Waals surface area contributed by atoms with Crippen molar-refractivity contribution in [2.45, 2.75) is 25.7 Å². The van der Waals surface area contributed by atoms with E-state index in [1.807, 2.05) is 0 Å². The van der Waals surface area contributed by atoms with E-state index >= 15 is 0 Å². The molecule has 0 aliphatic heterocycles. The van der Waals surface area contributed by atoms with Crippen molar-refractivity contribution >= 4 is 13.9 Å². The minimum atomic E-state index is -5.46. The van der Waals surface area contributed by atoms with E-state index < -0.39 is 36.0 Å².